The van der Waals surface area contributed by atoms with E-state index >= 15 is 0 Å². The summed E-state index contributed by atoms with van der Waals surface area (Å²) in [5.74, 6) is -0.746. The Kier molecular flexibility index (Phi) is 7.80. The van der Waals surface area contributed by atoms with Crippen LogP contribution in [0.5, 0.6) is 0 Å². The molecule has 174 valence electrons. The molecule has 0 aliphatic carbocycles. The van der Waals surface area contributed by atoms with Crippen LogP contribution in [0.2, 0.25) is 18.6 Å². The number of amides is 1. The molecule has 1 aliphatic heterocycles. The third kappa shape index (κ3) is 5.98. The number of esters is 1. The van der Waals surface area contributed by atoms with Crippen LogP contribution in [0.15, 0.2) is 30.3 Å². The molecule has 6 heteroatoms. The molecule has 1 aromatic carbocycles. The molecule has 0 radical (unpaired) electrons. The first kappa shape index (κ1) is 25.6. The van der Waals surface area contributed by atoms with Gasteiger partial charge in [-0.05, 0) is 65.2 Å². The van der Waals surface area contributed by atoms with Crippen molar-refractivity contribution < 1.29 is 18.8 Å². The highest BCUT2D eigenvalue weighted by atomic mass is 28.4. The molecule has 1 aliphatic rings. The number of likely N-dealkylation sites (tertiary alicyclic amines) is 1. The van der Waals surface area contributed by atoms with E-state index in [1.807, 2.05) is 69.9 Å². The van der Waals surface area contributed by atoms with Crippen molar-refractivity contribution in [3.05, 3.63) is 35.9 Å². The molecule has 0 N–H and O–H groups in total. The molecule has 5 nitrogen and oxygen atoms in total. The average molecular weight is 448 g/mol. The molecule has 0 spiro atoms. The van der Waals surface area contributed by atoms with Gasteiger partial charge in [-0.2, -0.15) is 0 Å². The molecule has 2 rings (SSSR count). The van der Waals surface area contributed by atoms with Gasteiger partial charge in [0.25, 0.3) is 0 Å². The molecule has 1 fully saturated rings. The van der Waals surface area contributed by atoms with Crippen molar-refractivity contribution in [1.29, 1.82) is 0 Å². The Morgan fingerprint density at radius 3 is 2.29 bits per heavy atom. The maximum absolute atomic E-state index is 13.6. The summed E-state index contributed by atoms with van der Waals surface area (Å²) in [6.07, 6.45) is 0.524. The summed E-state index contributed by atoms with van der Waals surface area (Å²) in [6.45, 7) is 19.1. The van der Waals surface area contributed by atoms with Crippen molar-refractivity contribution in [2.45, 2.75) is 85.2 Å². The van der Waals surface area contributed by atoms with Gasteiger partial charge in [-0.25, -0.2) is 0 Å². The van der Waals surface area contributed by atoms with Crippen LogP contribution < -0.4 is 0 Å². The van der Waals surface area contributed by atoms with Gasteiger partial charge in [0.15, 0.2) is 8.32 Å². The lowest BCUT2D eigenvalue weighted by Crippen LogP contribution is -2.42. The van der Waals surface area contributed by atoms with Crippen molar-refractivity contribution >= 4 is 20.2 Å². The SMILES string of the molecule is CC(C)[Si](C)(C)OCCC1C(=O)N([C@H](C)c2ccccc2)C[C@@]1(C)C(=O)OC(C)(C)C. The zero-order valence-electron chi connectivity index (χ0n) is 20.8. The number of rotatable bonds is 8. The number of nitrogens with zero attached hydrogens (tertiary/aromatic N) is 1. The van der Waals surface area contributed by atoms with Crippen LogP contribution in [-0.4, -0.2) is 43.8 Å². The Morgan fingerprint density at radius 2 is 1.77 bits per heavy atom. The van der Waals surface area contributed by atoms with E-state index in [0.29, 0.717) is 25.1 Å². The maximum atomic E-state index is 13.6. The fourth-order valence-electron chi connectivity index (χ4n) is 3.90. The number of carbonyl (C=O) groups excluding carboxylic acids is 2. The minimum Gasteiger partial charge on any atom is -0.459 e. The summed E-state index contributed by atoms with van der Waals surface area (Å²) >= 11 is 0. The smallest absolute Gasteiger partial charge is 0.314 e. The van der Waals surface area contributed by atoms with Gasteiger partial charge >= 0.3 is 5.97 Å². The van der Waals surface area contributed by atoms with Gasteiger partial charge < -0.3 is 14.1 Å². The van der Waals surface area contributed by atoms with Crippen molar-refractivity contribution in [2.75, 3.05) is 13.2 Å². The van der Waals surface area contributed by atoms with Crippen LogP contribution in [-0.2, 0) is 18.8 Å². The molecule has 1 saturated heterocycles. The number of carbonyl (C=O) groups is 2. The molecule has 1 heterocycles. The third-order valence-electron chi connectivity index (χ3n) is 6.73. The maximum Gasteiger partial charge on any atom is 0.314 e. The predicted molar refractivity (Wildman–Crippen MR) is 127 cm³/mol. The summed E-state index contributed by atoms with van der Waals surface area (Å²) in [5.41, 5.74) is 0.0430. The van der Waals surface area contributed by atoms with Crippen molar-refractivity contribution in [3.63, 3.8) is 0 Å². The summed E-state index contributed by atoms with van der Waals surface area (Å²) in [4.78, 5) is 28.7. The van der Waals surface area contributed by atoms with Gasteiger partial charge in [0, 0.05) is 13.2 Å². The lowest BCUT2D eigenvalue weighted by molar-refractivity contribution is -0.169. The van der Waals surface area contributed by atoms with E-state index in [-0.39, 0.29) is 17.9 Å². The fourth-order valence-corrected chi connectivity index (χ4v) is 4.88. The first-order chi connectivity index (χ1) is 14.2. The zero-order chi connectivity index (χ0) is 23.6. The number of ether oxygens (including phenoxy) is 1. The molecule has 1 unspecified atom stereocenters. The average Bonchev–Trinajstić information content (AvgIpc) is 2.92. The van der Waals surface area contributed by atoms with Crippen LogP contribution in [0, 0.1) is 11.3 Å². The van der Waals surface area contributed by atoms with Crippen molar-refractivity contribution in [1.82, 2.24) is 4.90 Å². The first-order valence-corrected chi connectivity index (χ1v) is 14.4. The first-order valence-electron chi connectivity index (χ1n) is 11.4. The topological polar surface area (TPSA) is 55.8 Å². The Balaban J connectivity index is 2.28. The van der Waals surface area contributed by atoms with Crippen LogP contribution in [0.3, 0.4) is 0 Å². The van der Waals surface area contributed by atoms with Crippen LogP contribution in [0.4, 0.5) is 0 Å². The largest absolute Gasteiger partial charge is 0.459 e. The highest BCUT2D eigenvalue weighted by Crippen LogP contribution is 2.44. The highest BCUT2D eigenvalue weighted by molar-refractivity contribution is 6.72. The lowest BCUT2D eigenvalue weighted by Gasteiger charge is -2.32. The van der Waals surface area contributed by atoms with Gasteiger partial charge in [-0.3, -0.25) is 9.59 Å². The second-order valence-electron chi connectivity index (χ2n) is 10.9. The molecule has 1 aromatic rings. The van der Waals surface area contributed by atoms with E-state index in [4.69, 9.17) is 9.16 Å². The predicted octanol–water partition coefficient (Wildman–Crippen LogP) is 5.58. The van der Waals surface area contributed by atoms with E-state index in [0.717, 1.165) is 5.56 Å². The molecule has 1 amide bonds. The van der Waals surface area contributed by atoms with E-state index in [1.165, 1.54) is 0 Å². The molecule has 0 aromatic heterocycles. The molecule has 0 bridgehead atoms. The fraction of sp³-hybridized carbons (Fsp3) is 0.680. The van der Waals surface area contributed by atoms with Gasteiger partial charge in [-0.15, -0.1) is 0 Å². The standard InChI is InChI=1S/C25H41NO4Si/c1-18(2)31(8,9)29-16-15-21-22(27)26(19(3)20-13-11-10-12-14-20)17-25(21,7)23(28)30-24(4,5)6/h10-14,18-19,21H,15-17H2,1-9H3/t19-,21?,25-/m1/s1. The quantitative estimate of drug-likeness (QED) is 0.386. The van der Waals surface area contributed by atoms with E-state index < -0.39 is 25.3 Å². The summed E-state index contributed by atoms with van der Waals surface area (Å²) in [5, 5.41) is 0. The molecule has 3 atom stereocenters. The normalized spacial score (nSPS) is 23.4. The molecule has 31 heavy (non-hydrogen) atoms. The number of hydrogen-bond donors (Lipinski definition) is 0. The van der Waals surface area contributed by atoms with E-state index in [1.54, 1.807) is 0 Å². The van der Waals surface area contributed by atoms with Crippen molar-refractivity contribution in [3.8, 4) is 0 Å². The molecular formula is C25H41NO4Si. The number of benzene rings is 1. The minimum atomic E-state index is -1.82. The van der Waals surface area contributed by atoms with Gasteiger partial charge in [-0.1, -0.05) is 44.2 Å². The lowest BCUT2D eigenvalue weighted by atomic mass is 9.78. The summed E-state index contributed by atoms with van der Waals surface area (Å²) in [7, 11) is -1.82. The van der Waals surface area contributed by atoms with E-state index in [9.17, 15) is 9.59 Å². The minimum absolute atomic E-state index is 0.0114. The summed E-state index contributed by atoms with van der Waals surface area (Å²) in [6, 6.07) is 9.86. The Hall–Kier alpha value is -1.66. The van der Waals surface area contributed by atoms with Crippen LogP contribution in [0.1, 0.15) is 66.5 Å². The van der Waals surface area contributed by atoms with Gasteiger partial charge in [0.2, 0.25) is 5.91 Å². The van der Waals surface area contributed by atoms with E-state index in [2.05, 4.69) is 26.9 Å². The monoisotopic (exact) mass is 447 g/mol. The van der Waals surface area contributed by atoms with Crippen LogP contribution in [0.25, 0.3) is 0 Å². The van der Waals surface area contributed by atoms with Gasteiger partial charge in [0.1, 0.15) is 5.60 Å². The Bertz CT molecular complexity index is 771. The third-order valence-corrected chi connectivity index (χ3v) is 10.5. The summed E-state index contributed by atoms with van der Waals surface area (Å²) < 4.78 is 12.0. The second-order valence-corrected chi connectivity index (χ2v) is 15.6. The van der Waals surface area contributed by atoms with Crippen LogP contribution >= 0.6 is 0 Å². The van der Waals surface area contributed by atoms with Crippen molar-refractivity contribution in [2.24, 2.45) is 11.3 Å². The Labute approximate surface area is 189 Å². The van der Waals surface area contributed by atoms with Gasteiger partial charge in [0.05, 0.1) is 17.4 Å². The molecular weight excluding hydrogens is 406 g/mol. The Morgan fingerprint density at radius 1 is 1.19 bits per heavy atom. The zero-order valence-corrected chi connectivity index (χ0v) is 21.8. The highest BCUT2D eigenvalue weighted by Gasteiger charge is 2.56. The number of hydrogen-bond acceptors (Lipinski definition) is 4. The molecule has 0 saturated carbocycles. The second kappa shape index (κ2) is 9.45.